The Balaban J connectivity index is 1.99. The molecule has 2 aromatic heterocycles. The van der Waals surface area contributed by atoms with Gasteiger partial charge in [-0.3, -0.25) is 0 Å². The van der Waals surface area contributed by atoms with Gasteiger partial charge in [0.05, 0.1) is 10.9 Å². The number of nitrogens with one attached hydrogen (secondary N) is 1. The van der Waals surface area contributed by atoms with Crippen LogP contribution in [-0.2, 0) is 0 Å². The van der Waals surface area contributed by atoms with Crippen LogP contribution >= 0.6 is 11.3 Å². The van der Waals surface area contributed by atoms with Crippen molar-refractivity contribution in [2.75, 3.05) is 11.9 Å². The maximum absolute atomic E-state index is 5.96. The summed E-state index contributed by atoms with van der Waals surface area (Å²) in [7, 11) is 0. The monoisotopic (exact) mass is 262 g/mol. The zero-order chi connectivity index (χ0) is 12.6. The minimum atomic E-state index is 0.0388. The molecular formula is C13H18N4S. The fraction of sp³-hybridized carbons (Fsp3) is 0.538. The van der Waals surface area contributed by atoms with Gasteiger partial charge in [0, 0.05) is 11.4 Å². The van der Waals surface area contributed by atoms with Gasteiger partial charge in [-0.1, -0.05) is 12.8 Å². The predicted octanol–water partition coefficient (Wildman–Crippen LogP) is 2.68. The molecular weight excluding hydrogens is 244 g/mol. The molecule has 5 heteroatoms. The normalized spacial score (nSPS) is 18.3. The number of thiophene rings is 1. The summed E-state index contributed by atoms with van der Waals surface area (Å²) < 4.78 is 0. The van der Waals surface area contributed by atoms with E-state index in [4.69, 9.17) is 5.73 Å². The molecule has 3 rings (SSSR count). The van der Waals surface area contributed by atoms with E-state index in [2.05, 4.69) is 28.3 Å². The Morgan fingerprint density at radius 3 is 2.89 bits per heavy atom. The molecule has 2 heterocycles. The summed E-state index contributed by atoms with van der Waals surface area (Å²) in [5.41, 5.74) is 6.00. The van der Waals surface area contributed by atoms with Crippen molar-refractivity contribution >= 4 is 27.4 Å². The van der Waals surface area contributed by atoms with Crippen molar-refractivity contribution in [2.24, 2.45) is 5.73 Å². The third kappa shape index (κ3) is 1.97. The summed E-state index contributed by atoms with van der Waals surface area (Å²) in [6, 6.07) is 2.15. The molecule has 1 aliphatic rings. The smallest absolute Gasteiger partial charge is 0.138 e. The van der Waals surface area contributed by atoms with E-state index in [1.807, 2.05) is 0 Å². The average molecular weight is 262 g/mol. The molecule has 1 saturated carbocycles. The lowest BCUT2D eigenvalue weighted by atomic mass is 9.98. The highest BCUT2D eigenvalue weighted by Crippen LogP contribution is 2.35. The first kappa shape index (κ1) is 11.9. The predicted molar refractivity (Wildman–Crippen MR) is 76.0 cm³/mol. The van der Waals surface area contributed by atoms with E-state index in [0.29, 0.717) is 6.54 Å². The minimum Gasteiger partial charge on any atom is -0.363 e. The van der Waals surface area contributed by atoms with Crippen molar-refractivity contribution in [1.82, 2.24) is 9.97 Å². The van der Waals surface area contributed by atoms with Gasteiger partial charge in [0.15, 0.2) is 0 Å². The lowest BCUT2D eigenvalue weighted by Gasteiger charge is -2.29. The topological polar surface area (TPSA) is 63.8 Å². The first-order chi connectivity index (χ1) is 8.72. The van der Waals surface area contributed by atoms with Crippen LogP contribution in [0.4, 0.5) is 5.82 Å². The molecule has 0 bridgehead atoms. The number of hydrogen-bond acceptors (Lipinski definition) is 5. The second-order valence-corrected chi connectivity index (χ2v) is 6.35. The van der Waals surface area contributed by atoms with Crippen LogP contribution in [0.1, 0.15) is 30.6 Å². The molecule has 2 aromatic rings. The van der Waals surface area contributed by atoms with E-state index in [-0.39, 0.29) is 5.54 Å². The van der Waals surface area contributed by atoms with Gasteiger partial charge in [0.1, 0.15) is 17.0 Å². The van der Waals surface area contributed by atoms with Crippen LogP contribution in [-0.4, -0.2) is 22.1 Å². The third-order valence-corrected chi connectivity index (χ3v) is 4.75. The number of fused-ring (bicyclic) bond motifs is 1. The SMILES string of the molecule is Cc1cc2c(NC3(CN)CCCC3)ncnc2s1. The van der Waals surface area contributed by atoms with Crippen molar-refractivity contribution in [3.63, 3.8) is 0 Å². The minimum absolute atomic E-state index is 0.0388. The zero-order valence-corrected chi connectivity index (χ0v) is 11.4. The second kappa shape index (κ2) is 4.48. The fourth-order valence-electron chi connectivity index (χ4n) is 2.76. The Morgan fingerprint density at radius 2 is 2.17 bits per heavy atom. The standard InChI is InChI=1S/C13H18N4S/c1-9-6-10-11(15-8-16-12(10)18-9)17-13(7-14)4-2-3-5-13/h6,8H,2-5,7,14H2,1H3,(H,15,16,17). The zero-order valence-electron chi connectivity index (χ0n) is 10.6. The highest BCUT2D eigenvalue weighted by Gasteiger charge is 2.33. The molecule has 0 aromatic carbocycles. The van der Waals surface area contributed by atoms with Gasteiger partial charge in [0.2, 0.25) is 0 Å². The average Bonchev–Trinajstić information content (AvgIpc) is 2.96. The molecule has 96 valence electrons. The number of rotatable bonds is 3. The van der Waals surface area contributed by atoms with Crippen molar-refractivity contribution in [1.29, 1.82) is 0 Å². The summed E-state index contributed by atoms with van der Waals surface area (Å²) in [4.78, 5) is 11.0. The number of aromatic nitrogens is 2. The van der Waals surface area contributed by atoms with Crippen molar-refractivity contribution < 1.29 is 0 Å². The van der Waals surface area contributed by atoms with Crippen LogP contribution in [0, 0.1) is 6.92 Å². The third-order valence-electron chi connectivity index (χ3n) is 3.79. The van der Waals surface area contributed by atoms with E-state index in [9.17, 15) is 0 Å². The van der Waals surface area contributed by atoms with Gasteiger partial charge >= 0.3 is 0 Å². The molecule has 18 heavy (non-hydrogen) atoms. The quantitative estimate of drug-likeness (QED) is 0.892. The van der Waals surface area contributed by atoms with E-state index in [1.54, 1.807) is 17.7 Å². The summed E-state index contributed by atoms with van der Waals surface area (Å²) in [5.74, 6) is 0.941. The maximum atomic E-state index is 5.96. The van der Waals surface area contributed by atoms with Crippen LogP contribution in [0.5, 0.6) is 0 Å². The molecule has 0 unspecified atom stereocenters. The highest BCUT2D eigenvalue weighted by atomic mass is 32.1. The Labute approximate surface area is 111 Å². The first-order valence-corrected chi connectivity index (χ1v) is 7.23. The van der Waals surface area contributed by atoms with Gasteiger partial charge in [-0.15, -0.1) is 11.3 Å². The van der Waals surface area contributed by atoms with Crippen LogP contribution in [0.15, 0.2) is 12.4 Å². The first-order valence-electron chi connectivity index (χ1n) is 6.42. The lowest BCUT2D eigenvalue weighted by molar-refractivity contribution is 0.492. The van der Waals surface area contributed by atoms with Gasteiger partial charge in [-0.25, -0.2) is 9.97 Å². The largest absolute Gasteiger partial charge is 0.363 e. The molecule has 0 radical (unpaired) electrons. The van der Waals surface area contributed by atoms with Crippen LogP contribution < -0.4 is 11.1 Å². The molecule has 1 aliphatic carbocycles. The van der Waals surface area contributed by atoms with Crippen LogP contribution in [0.3, 0.4) is 0 Å². The summed E-state index contributed by atoms with van der Waals surface area (Å²) in [6.07, 6.45) is 6.41. The van der Waals surface area contributed by atoms with Crippen LogP contribution in [0.25, 0.3) is 10.2 Å². The number of aryl methyl sites for hydroxylation is 1. The maximum Gasteiger partial charge on any atom is 0.138 e. The molecule has 0 saturated heterocycles. The number of nitrogens with zero attached hydrogens (tertiary/aromatic N) is 2. The van der Waals surface area contributed by atoms with Crippen molar-refractivity contribution in [3.8, 4) is 0 Å². The van der Waals surface area contributed by atoms with Gasteiger partial charge in [0.25, 0.3) is 0 Å². The number of hydrogen-bond donors (Lipinski definition) is 2. The lowest BCUT2D eigenvalue weighted by Crippen LogP contribution is -2.43. The van der Waals surface area contributed by atoms with Crippen molar-refractivity contribution in [3.05, 3.63) is 17.3 Å². The summed E-state index contributed by atoms with van der Waals surface area (Å²) in [6.45, 7) is 2.77. The van der Waals surface area contributed by atoms with Gasteiger partial charge < -0.3 is 11.1 Å². The molecule has 0 aliphatic heterocycles. The summed E-state index contributed by atoms with van der Waals surface area (Å²) >= 11 is 1.71. The van der Waals surface area contributed by atoms with Crippen molar-refractivity contribution in [2.45, 2.75) is 38.1 Å². The Bertz CT molecular complexity index is 557. The highest BCUT2D eigenvalue weighted by molar-refractivity contribution is 7.18. The van der Waals surface area contributed by atoms with E-state index in [1.165, 1.54) is 17.7 Å². The van der Waals surface area contributed by atoms with Gasteiger partial charge in [-0.05, 0) is 25.8 Å². The van der Waals surface area contributed by atoms with E-state index in [0.717, 1.165) is 28.9 Å². The molecule has 4 nitrogen and oxygen atoms in total. The Morgan fingerprint density at radius 1 is 1.39 bits per heavy atom. The van der Waals surface area contributed by atoms with Gasteiger partial charge in [-0.2, -0.15) is 0 Å². The Hall–Kier alpha value is -1.20. The number of anilines is 1. The molecule has 1 fully saturated rings. The summed E-state index contributed by atoms with van der Waals surface area (Å²) in [5, 5.41) is 4.72. The molecule has 0 atom stereocenters. The molecule has 3 N–H and O–H groups in total. The van der Waals surface area contributed by atoms with E-state index >= 15 is 0 Å². The second-order valence-electron chi connectivity index (χ2n) is 5.11. The van der Waals surface area contributed by atoms with E-state index < -0.39 is 0 Å². The fourth-order valence-corrected chi connectivity index (χ4v) is 3.61. The Kier molecular flexibility index (Phi) is 2.95. The molecule has 0 spiro atoms. The number of nitrogens with two attached hydrogens (primary N) is 1. The molecule has 0 amide bonds. The van der Waals surface area contributed by atoms with Crippen LogP contribution in [0.2, 0.25) is 0 Å².